The van der Waals surface area contributed by atoms with Crippen molar-refractivity contribution in [3.63, 3.8) is 0 Å². The lowest BCUT2D eigenvalue weighted by Crippen LogP contribution is -2.37. The van der Waals surface area contributed by atoms with Gasteiger partial charge in [-0.25, -0.2) is 4.79 Å². The lowest BCUT2D eigenvalue weighted by molar-refractivity contribution is 0.128. The first-order valence-corrected chi connectivity index (χ1v) is 7.28. The molecule has 1 atom stereocenters. The molecular weight excluding hydrogens is 280 g/mol. The molecule has 0 bridgehead atoms. The zero-order valence-corrected chi connectivity index (χ0v) is 13.2. The molecule has 22 heavy (non-hydrogen) atoms. The van der Waals surface area contributed by atoms with Gasteiger partial charge in [0.25, 0.3) is 0 Å². The first-order valence-electron chi connectivity index (χ1n) is 7.28. The number of urea groups is 1. The number of aliphatic hydroxyl groups is 1. The summed E-state index contributed by atoms with van der Waals surface area (Å²) in [6, 6.07) is 7.41. The predicted molar refractivity (Wildman–Crippen MR) is 85.6 cm³/mol. The van der Waals surface area contributed by atoms with E-state index in [4.69, 9.17) is 0 Å². The van der Waals surface area contributed by atoms with E-state index in [-0.39, 0.29) is 12.6 Å². The van der Waals surface area contributed by atoms with Gasteiger partial charge in [0.05, 0.1) is 24.5 Å². The van der Waals surface area contributed by atoms with Crippen molar-refractivity contribution in [2.75, 3.05) is 18.4 Å². The highest BCUT2D eigenvalue weighted by molar-refractivity contribution is 5.89. The molecule has 0 fully saturated rings. The first-order chi connectivity index (χ1) is 10.5. The molecule has 6 nitrogen and oxygen atoms in total. The van der Waals surface area contributed by atoms with E-state index in [1.54, 1.807) is 29.0 Å². The van der Waals surface area contributed by atoms with Gasteiger partial charge in [-0.1, -0.05) is 29.8 Å². The second-order valence-electron chi connectivity index (χ2n) is 5.30. The highest BCUT2D eigenvalue weighted by Gasteiger charge is 2.17. The number of hydrogen-bond acceptors (Lipinski definition) is 3. The summed E-state index contributed by atoms with van der Waals surface area (Å²) in [5, 5.41) is 17.1. The van der Waals surface area contributed by atoms with Gasteiger partial charge in [-0.2, -0.15) is 5.10 Å². The van der Waals surface area contributed by atoms with Crippen molar-refractivity contribution in [3.05, 3.63) is 47.8 Å². The summed E-state index contributed by atoms with van der Waals surface area (Å²) >= 11 is 0. The van der Waals surface area contributed by atoms with Crippen LogP contribution in [0.4, 0.5) is 10.5 Å². The smallest absolute Gasteiger partial charge is 0.322 e. The molecule has 118 valence electrons. The van der Waals surface area contributed by atoms with Gasteiger partial charge < -0.3 is 15.3 Å². The number of aliphatic hydroxyl groups excluding tert-OH is 1. The molecule has 0 radical (unpaired) electrons. The SMILES string of the molecule is CCN(CC(O)c1ccc(C)cc1)C(=O)Nc1cnn(C)c1. The van der Waals surface area contributed by atoms with E-state index < -0.39 is 6.10 Å². The van der Waals surface area contributed by atoms with Crippen LogP contribution in [0, 0.1) is 6.92 Å². The Kier molecular flexibility index (Phi) is 5.16. The molecule has 1 heterocycles. The third-order valence-electron chi connectivity index (χ3n) is 3.48. The number of likely N-dealkylation sites (N-methyl/N-ethyl adjacent to an activating group) is 1. The molecule has 0 aliphatic carbocycles. The Morgan fingerprint density at radius 2 is 2.09 bits per heavy atom. The third kappa shape index (κ3) is 4.08. The monoisotopic (exact) mass is 302 g/mol. The Morgan fingerprint density at radius 1 is 1.41 bits per heavy atom. The van der Waals surface area contributed by atoms with Crippen LogP contribution in [0.5, 0.6) is 0 Å². The molecule has 1 unspecified atom stereocenters. The van der Waals surface area contributed by atoms with Crippen molar-refractivity contribution in [1.82, 2.24) is 14.7 Å². The number of nitrogens with one attached hydrogen (secondary N) is 1. The molecule has 2 amide bonds. The highest BCUT2D eigenvalue weighted by Crippen LogP contribution is 2.16. The Morgan fingerprint density at radius 3 is 2.64 bits per heavy atom. The standard InChI is InChI=1S/C16H22N4O2/c1-4-20(16(22)18-14-9-17-19(3)10-14)11-15(21)13-7-5-12(2)6-8-13/h5-10,15,21H,4,11H2,1-3H3,(H,18,22). The van der Waals surface area contributed by atoms with Crippen molar-refractivity contribution < 1.29 is 9.90 Å². The van der Waals surface area contributed by atoms with Crippen molar-refractivity contribution in [2.45, 2.75) is 20.0 Å². The Balaban J connectivity index is 1.98. The van der Waals surface area contributed by atoms with Crippen molar-refractivity contribution in [3.8, 4) is 0 Å². The minimum absolute atomic E-state index is 0.242. The van der Waals surface area contributed by atoms with Crippen molar-refractivity contribution >= 4 is 11.7 Å². The quantitative estimate of drug-likeness (QED) is 0.890. The number of amides is 2. The van der Waals surface area contributed by atoms with Gasteiger partial charge in [-0.05, 0) is 19.4 Å². The van der Waals surface area contributed by atoms with Crippen molar-refractivity contribution in [1.29, 1.82) is 0 Å². The average Bonchev–Trinajstić information content (AvgIpc) is 2.90. The van der Waals surface area contributed by atoms with Crippen LogP contribution in [0.25, 0.3) is 0 Å². The number of aromatic nitrogens is 2. The predicted octanol–water partition coefficient (Wildman–Crippen LogP) is 2.32. The van der Waals surface area contributed by atoms with E-state index in [1.165, 1.54) is 0 Å². The van der Waals surface area contributed by atoms with Gasteiger partial charge in [-0.3, -0.25) is 4.68 Å². The van der Waals surface area contributed by atoms with Gasteiger partial charge >= 0.3 is 6.03 Å². The van der Waals surface area contributed by atoms with E-state index in [0.29, 0.717) is 12.2 Å². The fourth-order valence-corrected chi connectivity index (χ4v) is 2.15. The van der Waals surface area contributed by atoms with E-state index in [2.05, 4.69) is 10.4 Å². The topological polar surface area (TPSA) is 70.4 Å². The molecule has 6 heteroatoms. The second kappa shape index (κ2) is 7.09. The fourth-order valence-electron chi connectivity index (χ4n) is 2.15. The molecular formula is C16H22N4O2. The Labute approximate surface area is 130 Å². The lowest BCUT2D eigenvalue weighted by Gasteiger charge is -2.24. The summed E-state index contributed by atoms with van der Waals surface area (Å²) in [5.41, 5.74) is 2.58. The molecule has 0 spiro atoms. The van der Waals surface area contributed by atoms with Crippen LogP contribution >= 0.6 is 0 Å². The third-order valence-corrected chi connectivity index (χ3v) is 3.48. The molecule has 2 N–H and O–H groups in total. The molecule has 0 saturated carbocycles. The summed E-state index contributed by atoms with van der Waals surface area (Å²) < 4.78 is 1.62. The van der Waals surface area contributed by atoms with Crippen LogP contribution in [0.15, 0.2) is 36.7 Å². The van der Waals surface area contributed by atoms with Gasteiger partial charge in [0, 0.05) is 19.8 Å². The van der Waals surface area contributed by atoms with Crippen LogP contribution in [0.3, 0.4) is 0 Å². The van der Waals surface area contributed by atoms with Crippen LogP contribution in [0.1, 0.15) is 24.2 Å². The average molecular weight is 302 g/mol. The molecule has 0 saturated heterocycles. The zero-order valence-electron chi connectivity index (χ0n) is 13.2. The molecule has 1 aromatic heterocycles. The fraction of sp³-hybridized carbons (Fsp3) is 0.375. The zero-order chi connectivity index (χ0) is 16.1. The molecule has 0 aliphatic rings. The highest BCUT2D eigenvalue weighted by atomic mass is 16.3. The number of hydrogen-bond donors (Lipinski definition) is 2. The number of carbonyl (C=O) groups is 1. The largest absolute Gasteiger partial charge is 0.387 e. The number of benzene rings is 1. The minimum Gasteiger partial charge on any atom is -0.387 e. The maximum absolute atomic E-state index is 12.2. The van der Waals surface area contributed by atoms with Crippen molar-refractivity contribution in [2.24, 2.45) is 7.05 Å². The van der Waals surface area contributed by atoms with Gasteiger partial charge in [0.15, 0.2) is 0 Å². The number of aryl methyl sites for hydroxylation is 2. The van der Waals surface area contributed by atoms with Gasteiger partial charge in [-0.15, -0.1) is 0 Å². The van der Waals surface area contributed by atoms with Crippen LogP contribution in [-0.2, 0) is 7.05 Å². The van der Waals surface area contributed by atoms with Gasteiger partial charge in [0.2, 0.25) is 0 Å². The summed E-state index contributed by atoms with van der Waals surface area (Å²) in [7, 11) is 1.79. The first kappa shape index (κ1) is 16.0. The second-order valence-corrected chi connectivity index (χ2v) is 5.30. The van der Waals surface area contributed by atoms with Crippen LogP contribution < -0.4 is 5.32 Å². The van der Waals surface area contributed by atoms with Gasteiger partial charge in [0.1, 0.15) is 0 Å². The van der Waals surface area contributed by atoms with E-state index in [1.807, 2.05) is 38.1 Å². The Hall–Kier alpha value is -2.34. The van der Waals surface area contributed by atoms with E-state index >= 15 is 0 Å². The van der Waals surface area contributed by atoms with Crippen LogP contribution in [0.2, 0.25) is 0 Å². The minimum atomic E-state index is -0.708. The number of nitrogens with zero attached hydrogens (tertiary/aromatic N) is 3. The summed E-state index contributed by atoms with van der Waals surface area (Å²) in [5.74, 6) is 0. The molecule has 1 aromatic carbocycles. The molecule has 2 rings (SSSR count). The number of rotatable bonds is 5. The Bertz CT molecular complexity index is 621. The summed E-state index contributed by atoms with van der Waals surface area (Å²) in [4.78, 5) is 13.8. The normalized spacial score (nSPS) is 12.0. The lowest BCUT2D eigenvalue weighted by atomic mass is 10.1. The number of anilines is 1. The number of carbonyl (C=O) groups excluding carboxylic acids is 1. The summed E-state index contributed by atoms with van der Waals surface area (Å²) in [6.45, 7) is 4.63. The maximum Gasteiger partial charge on any atom is 0.322 e. The molecule has 2 aromatic rings. The van der Waals surface area contributed by atoms with E-state index in [0.717, 1.165) is 11.1 Å². The maximum atomic E-state index is 12.2. The summed E-state index contributed by atoms with van der Waals surface area (Å²) in [6.07, 6.45) is 2.60. The van der Waals surface area contributed by atoms with Crippen LogP contribution in [-0.4, -0.2) is 38.9 Å². The van der Waals surface area contributed by atoms with E-state index in [9.17, 15) is 9.90 Å². The molecule has 0 aliphatic heterocycles.